The number of rotatable bonds is 4. The summed E-state index contributed by atoms with van der Waals surface area (Å²) < 4.78 is 0. The first-order valence-corrected chi connectivity index (χ1v) is 8.10. The first-order chi connectivity index (χ1) is 11.5. The van der Waals surface area contributed by atoms with Crippen LogP contribution in [0.15, 0.2) is 30.3 Å². The number of nitrogens with zero attached hydrogens (tertiary/aromatic N) is 3. The number of amides is 4. The van der Waals surface area contributed by atoms with E-state index in [4.69, 9.17) is 0 Å². The molecule has 2 aliphatic heterocycles. The molecule has 0 aromatic heterocycles. The van der Waals surface area contributed by atoms with Gasteiger partial charge in [0, 0.05) is 26.7 Å². The Morgan fingerprint density at radius 2 is 1.92 bits per heavy atom. The number of carbonyl (C=O) groups is 3. The standard InChI is InChI=1S/C17H22N4O3/c1-12-16(23)19(2)9-14-10-20(17(24)21(12)14)11-15(22)18-8-13-6-4-3-5-7-13/h3-7,12,14H,8-11H2,1-2H3,(H,18,22)/t12-,14+/m0/s1. The lowest BCUT2D eigenvalue weighted by molar-refractivity contribution is -0.139. The number of benzene rings is 1. The Hall–Kier alpha value is -2.57. The number of carbonyl (C=O) groups excluding carboxylic acids is 3. The first kappa shape index (κ1) is 16.3. The summed E-state index contributed by atoms with van der Waals surface area (Å²) in [4.78, 5) is 41.5. The molecule has 1 N–H and O–H groups in total. The summed E-state index contributed by atoms with van der Waals surface area (Å²) in [7, 11) is 1.75. The fourth-order valence-corrected chi connectivity index (χ4v) is 3.37. The van der Waals surface area contributed by atoms with Crippen LogP contribution < -0.4 is 5.32 Å². The van der Waals surface area contributed by atoms with Crippen LogP contribution in [0.2, 0.25) is 0 Å². The summed E-state index contributed by atoms with van der Waals surface area (Å²) in [6.45, 7) is 3.17. The van der Waals surface area contributed by atoms with Gasteiger partial charge in [-0.05, 0) is 12.5 Å². The molecule has 7 heteroatoms. The number of hydrogen-bond acceptors (Lipinski definition) is 3. The molecule has 2 saturated heterocycles. The second kappa shape index (κ2) is 6.51. The van der Waals surface area contributed by atoms with E-state index in [1.54, 1.807) is 23.8 Å². The van der Waals surface area contributed by atoms with Crippen molar-refractivity contribution >= 4 is 17.8 Å². The number of fused-ring (bicyclic) bond motifs is 1. The highest BCUT2D eigenvalue weighted by atomic mass is 16.2. The van der Waals surface area contributed by atoms with Gasteiger partial charge < -0.3 is 20.0 Å². The predicted molar refractivity (Wildman–Crippen MR) is 88.0 cm³/mol. The van der Waals surface area contributed by atoms with Gasteiger partial charge in [0.15, 0.2) is 0 Å². The van der Waals surface area contributed by atoms with Crippen LogP contribution >= 0.6 is 0 Å². The second-order valence-corrected chi connectivity index (χ2v) is 6.38. The molecule has 1 aromatic rings. The Bertz CT molecular complexity index is 648. The second-order valence-electron chi connectivity index (χ2n) is 6.38. The summed E-state index contributed by atoms with van der Waals surface area (Å²) in [5, 5.41) is 2.83. The van der Waals surface area contributed by atoms with Crippen LogP contribution in [0.4, 0.5) is 4.79 Å². The summed E-state index contributed by atoms with van der Waals surface area (Å²) in [6, 6.07) is 8.87. The monoisotopic (exact) mass is 330 g/mol. The van der Waals surface area contributed by atoms with Crippen molar-refractivity contribution < 1.29 is 14.4 Å². The zero-order valence-corrected chi connectivity index (χ0v) is 13.9. The van der Waals surface area contributed by atoms with Crippen LogP contribution in [0.3, 0.4) is 0 Å². The summed E-state index contributed by atoms with van der Waals surface area (Å²) in [5.41, 5.74) is 1.01. The van der Waals surface area contributed by atoms with E-state index in [1.807, 2.05) is 30.3 Å². The van der Waals surface area contributed by atoms with Gasteiger partial charge in [0.2, 0.25) is 11.8 Å². The van der Waals surface area contributed by atoms with Gasteiger partial charge >= 0.3 is 6.03 Å². The molecule has 0 saturated carbocycles. The molecule has 0 radical (unpaired) electrons. The minimum atomic E-state index is -0.473. The van der Waals surface area contributed by atoms with E-state index in [1.165, 1.54) is 4.90 Å². The highest BCUT2D eigenvalue weighted by Crippen LogP contribution is 2.24. The van der Waals surface area contributed by atoms with Gasteiger partial charge in [0.25, 0.3) is 0 Å². The smallest absolute Gasteiger partial charge is 0.321 e. The molecule has 0 bridgehead atoms. The van der Waals surface area contributed by atoms with E-state index < -0.39 is 6.04 Å². The Morgan fingerprint density at radius 3 is 2.62 bits per heavy atom. The summed E-state index contributed by atoms with van der Waals surface area (Å²) in [5.74, 6) is -0.255. The van der Waals surface area contributed by atoms with Crippen molar-refractivity contribution in [3.8, 4) is 0 Å². The predicted octanol–water partition coefficient (Wildman–Crippen LogP) is 0.270. The average molecular weight is 330 g/mol. The van der Waals surface area contributed by atoms with Crippen molar-refractivity contribution in [1.82, 2.24) is 20.0 Å². The van der Waals surface area contributed by atoms with Crippen molar-refractivity contribution in [3.05, 3.63) is 35.9 Å². The molecule has 1 aromatic carbocycles. The van der Waals surface area contributed by atoms with Gasteiger partial charge in [-0.15, -0.1) is 0 Å². The minimum absolute atomic E-state index is 0.0172. The van der Waals surface area contributed by atoms with Gasteiger partial charge in [-0.1, -0.05) is 30.3 Å². The third-order valence-electron chi connectivity index (χ3n) is 4.62. The fraction of sp³-hybridized carbons (Fsp3) is 0.471. The lowest BCUT2D eigenvalue weighted by atomic mass is 10.1. The Labute approximate surface area is 141 Å². The highest BCUT2D eigenvalue weighted by Gasteiger charge is 2.47. The van der Waals surface area contributed by atoms with Crippen LogP contribution in [-0.4, -0.2) is 71.3 Å². The molecule has 2 fully saturated rings. The largest absolute Gasteiger partial charge is 0.350 e. The van der Waals surface area contributed by atoms with E-state index in [2.05, 4.69) is 5.32 Å². The molecule has 0 spiro atoms. The number of urea groups is 1. The Balaban J connectivity index is 1.57. The zero-order valence-electron chi connectivity index (χ0n) is 13.9. The van der Waals surface area contributed by atoms with Crippen LogP contribution in [-0.2, 0) is 16.1 Å². The Morgan fingerprint density at radius 1 is 1.21 bits per heavy atom. The van der Waals surface area contributed by atoms with E-state index in [-0.39, 0.29) is 30.4 Å². The van der Waals surface area contributed by atoms with E-state index in [0.29, 0.717) is 19.6 Å². The average Bonchev–Trinajstić information content (AvgIpc) is 2.87. The molecule has 24 heavy (non-hydrogen) atoms. The zero-order chi connectivity index (χ0) is 17.3. The summed E-state index contributed by atoms with van der Waals surface area (Å²) >= 11 is 0. The maximum Gasteiger partial charge on any atom is 0.321 e. The maximum absolute atomic E-state index is 12.5. The van der Waals surface area contributed by atoms with Crippen molar-refractivity contribution in [3.63, 3.8) is 0 Å². The van der Waals surface area contributed by atoms with Gasteiger partial charge in [0.1, 0.15) is 12.6 Å². The number of hydrogen-bond donors (Lipinski definition) is 1. The molecule has 2 atom stereocenters. The molecule has 3 rings (SSSR count). The van der Waals surface area contributed by atoms with Crippen LogP contribution in [0.1, 0.15) is 12.5 Å². The SMILES string of the molecule is C[C@H]1C(=O)N(C)C[C@@H]2CN(CC(=O)NCc3ccccc3)C(=O)N21. The van der Waals surface area contributed by atoms with Crippen molar-refractivity contribution in [2.24, 2.45) is 0 Å². The lowest BCUT2D eigenvalue weighted by Crippen LogP contribution is -2.58. The highest BCUT2D eigenvalue weighted by molar-refractivity contribution is 5.91. The maximum atomic E-state index is 12.5. The molecule has 7 nitrogen and oxygen atoms in total. The van der Waals surface area contributed by atoms with E-state index in [0.717, 1.165) is 5.56 Å². The normalized spacial score (nSPS) is 23.5. The first-order valence-electron chi connectivity index (χ1n) is 8.10. The third kappa shape index (κ3) is 3.06. The molecule has 2 aliphatic rings. The lowest BCUT2D eigenvalue weighted by Gasteiger charge is -2.38. The van der Waals surface area contributed by atoms with Crippen LogP contribution in [0, 0.1) is 0 Å². The molecule has 128 valence electrons. The molecular formula is C17H22N4O3. The number of nitrogens with one attached hydrogen (secondary N) is 1. The molecule has 4 amide bonds. The topological polar surface area (TPSA) is 73.0 Å². The molecule has 2 heterocycles. The van der Waals surface area contributed by atoms with Gasteiger partial charge in [-0.3, -0.25) is 9.59 Å². The van der Waals surface area contributed by atoms with Gasteiger partial charge in [0.05, 0.1) is 6.04 Å². The van der Waals surface area contributed by atoms with E-state index in [9.17, 15) is 14.4 Å². The molecular weight excluding hydrogens is 308 g/mol. The quantitative estimate of drug-likeness (QED) is 0.861. The molecule has 0 aliphatic carbocycles. The summed E-state index contributed by atoms with van der Waals surface area (Å²) in [6.07, 6.45) is 0. The minimum Gasteiger partial charge on any atom is -0.350 e. The van der Waals surface area contributed by atoms with E-state index >= 15 is 0 Å². The fourth-order valence-electron chi connectivity index (χ4n) is 3.37. The number of likely N-dealkylation sites (N-methyl/N-ethyl adjacent to an activating group) is 1. The van der Waals surface area contributed by atoms with Gasteiger partial charge in [-0.2, -0.15) is 0 Å². The molecule has 0 unspecified atom stereocenters. The number of piperazine rings is 1. The van der Waals surface area contributed by atoms with Crippen molar-refractivity contribution in [1.29, 1.82) is 0 Å². The van der Waals surface area contributed by atoms with Crippen molar-refractivity contribution in [2.45, 2.75) is 25.6 Å². The van der Waals surface area contributed by atoms with Crippen molar-refractivity contribution in [2.75, 3.05) is 26.7 Å². The van der Waals surface area contributed by atoms with Gasteiger partial charge in [-0.25, -0.2) is 4.79 Å². The third-order valence-corrected chi connectivity index (χ3v) is 4.62. The van der Waals surface area contributed by atoms with Crippen LogP contribution in [0.5, 0.6) is 0 Å². The Kier molecular flexibility index (Phi) is 4.42. The van der Waals surface area contributed by atoms with Crippen LogP contribution in [0.25, 0.3) is 0 Å².